The van der Waals surface area contributed by atoms with E-state index in [1.807, 2.05) is 66.7 Å². The molecule has 0 saturated heterocycles. The summed E-state index contributed by atoms with van der Waals surface area (Å²) in [5.74, 6) is 0.228. The van der Waals surface area contributed by atoms with Crippen molar-refractivity contribution in [2.75, 3.05) is 11.1 Å². The molecule has 0 spiro atoms. The number of carbonyl (C=O) groups is 1. The summed E-state index contributed by atoms with van der Waals surface area (Å²) in [6.45, 7) is 6.29. The quantitative estimate of drug-likeness (QED) is 0.281. The summed E-state index contributed by atoms with van der Waals surface area (Å²) in [7, 11) is 0. The van der Waals surface area contributed by atoms with E-state index in [0.29, 0.717) is 16.1 Å². The molecule has 5 nitrogen and oxygen atoms in total. The number of benzene rings is 3. The largest absolute Gasteiger partial charge is 0.325 e. The van der Waals surface area contributed by atoms with E-state index >= 15 is 0 Å². The number of anilines is 1. The third-order valence-corrected chi connectivity index (χ3v) is 6.46. The number of hydrogen-bond acceptors (Lipinski definition) is 4. The molecule has 0 saturated carbocycles. The Balaban J connectivity index is 1.69. The molecular weight excluding hydrogens is 430 g/mol. The standard InChI is InChI=1S/C27H27N3O2S/c1-4-19-13-15-20(16-14-19)28-25(31)17-33-27-29-23-11-7-5-10-22(23)26(32)30(27)24-12-8-6-9-21(24)18(2)3/h5-16,18H,4,17H2,1-3H3,(H,28,31). The number of hydrogen-bond donors (Lipinski definition) is 1. The van der Waals surface area contributed by atoms with Crippen LogP contribution in [-0.2, 0) is 11.2 Å². The van der Waals surface area contributed by atoms with Crippen LogP contribution in [0.2, 0.25) is 0 Å². The Morgan fingerprint density at radius 2 is 1.70 bits per heavy atom. The minimum absolute atomic E-state index is 0.133. The predicted octanol–water partition coefficient (Wildman–Crippen LogP) is 5.80. The second kappa shape index (κ2) is 10.0. The average Bonchev–Trinajstić information content (AvgIpc) is 2.83. The van der Waals surface area contributed by atoms with E-state index in [-0.39, 0.29) is 23.1 Å². The highest BCUT2D eigenvalue weighted by Crippen LogP contribution is 2.27. The molecule has 0 unspecified atom stereocenters. The molecule has 6 heteroatoms. The van der Waals surface area contributed by atoms with Crippen molar-refractivity contribution in [1.29, 1.82) is 0 Å². The van der Waals surface area contributed by atoms with Gasteiger partial charge in [0.2, 0.25) is 5.91 Å². The Labute approximate surface area is 197 Å². The molecule has 0 bridgehead atoms. The maximum absolute atomic E-state index is 13.5. The molecule has 1 aromatic heterocycles. The van der Waals surface area contributed by atoms with Gasteiger partial charge in [-0.05, 0) is 53.8 Å². The minimum atomic E-state index is -0.143. The summed E-state index contributed by atoms with van der Waals surface area (Å²) in [4.78, 5) is 31.0. The van der Waals surface area contributed by atoms with Gasteiger partial charge in [0, 0.05) is 5.69 Å². The van der Waals surface area contributed by atoms with Crippen molar-refractivity contribution in [3.63, 3.8) is 0 Å². The van der Waals surface area contributed by atoms with Crippen molar-refractivity contribution in [2.45, 2.75) is 38.3 Å². The molecule has 168 valence electrons. The number of fused-ring (bicyclic) bond motifs is 1. The van der Waals surface area contributed by atoms with Crippen molar-refractivity contribution >= 4 is 34.3 Å². The maximum Gasteiger partial charge on any atom is 0.266 e. The zero-order valence-corrected chi connectivity index (χ0v) is 19.9. The monoisotopic (exact) mass is 457 g/mol. The summed E-state index contributed by atoms with van der Waals surface area (Å²) in [5, 5.41) is 3.99. The van der Waals surface area contributed by atoms with Crippen LogP contribution in [0.4, 0.5) is 5.69 Å². The molecule has 33 heavy (non-hydrogen) atoms. The smallest absolute Gasteiger partial charge is 0.266 e. The van der Waals surface area contributed by atoms with Gasteiger partial charge in [0.1, 0.15) is 0 Å². The molecular formula is C27H27N3O2S. The van der Waals surface area contributed by atoms with Crippen LogP contribution in [0.1, 0.15) is 37.8 Å². The first kappa shape index (κ1) is 22.8. The summed E-state index contributed by atoms with van der Waals surface area (Å²) in [6, 6.07) is 23.0. The van der Waals surface area contributed by atoms with E-state index in [4.69, 9.17) is 4.98 Å². The lowest BCUT2D eigenvalue weighted by Crippen LogP contribution is -2.24. The zero-order valence-electron chi connectivity index (χ0n) is 19.0. The number of aromatic nitrogens is 2. The summed E-state index contributed by atoms with van der Waals surface area (Å²) >= 11 is 1.27. The topological polar surface area (TPSA) is 64.0 Å². The lowest BCUT2D eigenvalue weighted by molar-refractivity contribution is -0.113. The van der Waals surface area contributed by atoms with Crippen molar-refractivity contribution in [3.05, 3.63) is 94.3 Å². The van der Waals surface area contributed by atoms with E-state index < -0.39 is 0 Å². The summed E-state index contributed by atoms with van der Waals surface area (Å²) in [6.07, 6.45) is 0.951. The highest BCUT2D eigenvalue weighted by atomic mass is 32.2. The number of nitrogens with one attached hydrogen (secondary N) is 1. The SMILES string of the molecule is CCc1ccc(NC(=O)CSc2nc3ccccc3c(=O)n2-c2ccccc2C(C)C)cc1. The van der Waals surface area contributed by atoms with Crippen LogP contribution in [0, 0.1) is 0 Å². The zero-order chi connectivity index (χ0) is 23.4. The number of para-hydroxylation sites is 2. The first-order valence-electron chi connectivity index (χ1n) is 11.1. The van der Waals surface area contributed by atoms with Crippen LogP contribution in [0.25, 0.3) is 16.6 Å². The van der Waals surface area contributed by atoms with Crippen LogP contribution < -0.4 is 10.9 Å². The molecule has 4 aromatic rings. The first-order chi connectivity index (χ1) is 16.0. The molecule has 0 aliphatic carbocycles. The first-order valence-corrected chi connectivity index (χ1v) is 12.1. The van der Waals surface area contributed by atoms with Crippen LogP contribution in [0.15, 0.2) is 82.7 Å². The fourth-order valence-electron chi connectivity index (χ4n) is 3.75. The van der Waals surface area contributed by atoms with Crippen molar-refractivity contribution in [1.82, 2.24) is 9.55 Å². The summed E-state index contributed by atoms with van der Waals surface area (Å²) in [5.41, 5.74) is 4.32. The van der Waals surface area contributed by atoms with E-state index in [1.165, 1.54) is 17.3 Å². The lowest BCUT2D eigenvalue weighted by atomic mass is 10.0. The van der Waals surface area contributed by atoms with E-state index in [2.05, 4.69) is 26.1 Å². The van der Waals surface area contributed by atoms with Gasteiger partial charge in [-0.2, -0.15) is 0 Å². The van der Waals surface area contributed by atoms with Gasteiger partial charge in [-0.3, -0.25) is 14.2 Å². The van der Waals surface area contributed by atoms with Gasteiger partial charge in [0.15, 0.2) is 5.16 Å². The minimum Gasteiger partial charge on any atom is -0.325 e. The lowest BCUT2D eigenvalue weighted by Gasteiger charge is -2.18. The van der Waals surface area contributed by atoms with Gasteiger partial charge in [-0.1, -0.05) is 75.0 Å². The highest BCUT2D eigenvalue weighted by molar-refractivity contribution is 7.99. The second-order valence-corrected chi connectivity index (χ2v) is 9.10. The normalized spacial score (nSPS) is 11.2. The molecule has 0 radical (unpaired) electrons. The van der Waals surface area contributed by atoms with Gasteiger partial charge in [-0.15, -0.1) is 0 Å². The predicted molar refractivity (Wildman–Crippen MR) is 137 cm³/mol. The van der Waals surface area contributed by atoms with E-state index in [1.54, 1.807) is 10.6 Å². The third-order valence-electron chi connectivity index (χ3n) is 5.52. The Morgan fingerprint density at radius 3 is 2.42 bits per heavy atom. The number of rotatable bonds is 7. The molecule has 3 aromatic carbocycles. The third kappa shape index (κ3) is 5.01. The van der Waals surface area contributed by atoms with Gasteiger partial charge in [0.25, 0.3) is 5.56 Å². The number of amides is 1. The van der Waals surface area contributed by atoms with Gasteiger partial charge < -0.3 is 5.32 Å². The van der Waals surface area contributed by atoms with Crippen LogP contribution in [0.3, 0.4) is 0 Å². The average molecular weight is 458 g/mol. The van der Waals surface area contributed by atoms with E-state index in [9.17, 15) is 9.59 Å². The van der Waals surface area contributed by atoms with Crippen LogP contribution >= 0.6 is 11.8 Å². The molecule has 1 heterocycles. The molecule has 0 aliphatic rings. The molecule has 4 rings (SSSR count). The Bertz CT molecular complexity index is 1340. The molecule has 0 fully saturated rings. The van der Waals surface area contributed by atoms with Crippen molar-refractivity contribution in [2.24, 2.45) is 0 Å². The fourth-order valence-corrected chi connectivity index (χ4v) is 4.56. The van der Waals surface area contributed by atoms with Gasteiger partial charge in [0.05, 0.1) is 22.3 Å². The van der Waals surface area contributed by atoms with Crippen molar-refractivity contribution in [3.8, 4) is 5.69 Å². The van der Waals surface area contributed by atoms with Gasteiger partial charge in [-0.25, -0.2) is 4.98 Å². The van der Waals surface area contributed by atoms with Crippen molar-refractivity contribution < 1.29 is 4.79 Å². The number of aryl methyl sites for hydroxylation is 1. The molecule has 0 aliphatic heterocycles. The Hall–Kier alpha value is -3.38. The highest BCUT2D eigenvalue weighted by Gasteiger charge is 2.18. The number of thioether (sulfide) groups is 1. The van der Waals surface area contributed by atoms with Gasteiger partial charge >= 0.3 is 0 Å². The van der Waals surface area contributed by atoms with Crippen LogP contribution in [-0.4, -0.2) is 21.2 Å². The van der Waals surface area contributed by atoms with Crippen LogP contribution in [0.5, 0.6) is 0 Å². The molecule has 1 amide bonds. The fraction of sp³-hybridized carbons (Fsp3) is 0.222. The summed E-state index contributed by atoms with van der Waals surface area (Å²) < 4.78 is 1.64. The number of carbonyl (C=O) groups excluding carboxylic acids is 1. The molecule has 0 atom stereocenters. The maximum atomic E-state index is 13.5. The number of nitrogens with zero attached hydrogens (tertiary/aromatic N) is 2. The Kier molecular flexibility index (Phi) is 6.94. The second-order valence-electron chi connectivity index (χ2n) is 8.15. The Morgan fingerprint density at radius 1 is 1.00 bits per heavy atom. The van der Waals surface area contributed by atoms with E-state index in [0.717, 1.165) is 23.4 Å². The molecule has 1 N–H and O–H groups in total.